The number of pyridine rings is 1. The molecule has 0 spiro atoms. The van der Waals surface area contributed by atoms with Crippen molar-refractivity contribution in [1.82, 2.24) is 10.3 Å². The molecule has 5 nitrogen and oxygen atoms in total. The molecule has 5 heteroatoms. The smallest absolute Gasteiger partial charge is 0.317 e. The number of aromatic nitrogens is 1. The highest BCUT2D eigenvalue weighted by atomic mass is 16.5. The molecule has 0 unspecified atom stereocenters. The molecule has 0 radical (unpaired) electrons. The number of hydrogen-bond donors (Lipinski definition) is 1. The molecule has 0 atom stereocenters. The van der Waals surface area contributed by atoms with Crippen LogP contribution in [0.2, 0.25) is 0 Å². The number of rotatable bonds is 5. The molecule has 1 aromatic rings. The lowest BCUT2D eigenvalue weighted by Gasteiger charge is -2.38. The van der Waals surface area contributed by atoms with Crippen LogP contribution in [0.1, 0.15) is 5.56 Å². The van der Waals surface area contributed by atoms with E-state index < -0.39 is 5.41 Å². The van der Waals surface area contributed by atoms with Gasteiger partial charge in [-0.05, 0) is 17.7 Å². The Balaban J connectivity index is 1.83. The molecule has 1 aromatic heterocycles. The fourth-order valence-electron chi connectivity index (χ4n) is 1.80. The molecule has 1 aliphatic rings. The normalized spacial score (nSPS) is 17.2. The van der Waals surface area contributed by atoms with Gasteiger partial charge in [0.15, 0.2) is 0 Å². The summed E-state index contributed by atoms with van der Waals surface area (Å²) >= 11 is 0. The van der Waals surface area contributed by atoms with Crippen molar-refractivity contribution in [3.63, 3.8) is 0 Å². The Bertz CT molecular complexity index is 377. The molecular formula is C12H16N2O3. The predicted molar refractivity (Wildman–Crippen MR) is 61.2 cm³/mol. The van der Waals surface area contributed by atoms with Gasteiger partial charge in [0.1, 0.15) is 5.41 Å². The quantitative estimate of drug-likeness (QED) is 0.748. The molecule has 0 amide bonds. The molecular weight excluding hydrogens is 220 g/mol. The van der Waals surface area contributed by atoms with Crippen molar-refractivity contribution in [1.29, 1.82) is 0 Å². The Morgan fingerprint density at radius 2 is 2.24 bits per heavy atom. The van der Waals surface area contributed by atoms with E-state index >= 15 is 0 Å². The van der Waals surface area contributed by atoms with Gasteiger partial charge in [-0.2, -0.15) is 0 Å². The molecule has 0 bridgehead atoms. The van der Waals surface area contributed by atoms with E-state index in [2.05, 4.69) is 10.3 Å². The zero-order chi connectivity index (χ0) is 12.1. The van der Waals surface area contributed by atoms with Crippen molar-refractivity contribution in [3.8, 4) is 0 Å². The second-order valence-corrected chi connectivity index (χ2v) is 4.22. The van der Waals surface area contributed by atoms with E-state index in [1.54, 1.807) is 12.4 Å². The van der Waals surface area contributed by atoms with Gasteiger partial charge in [-0.1, -0.05) is 0 Å². The lowest BCUT2D eigenvalue weighted by atomic mass is 9.86. The minimum atomic E-state index is -0.498. The number of nitrogens with zero attached hydrogens (tertiary/aromatic N) is 1. The van der Waals surface area contributed by atoms with Gasteiger partial charge < -0.3 is 14.8 Å². The predicted octanol–water partition coefficient (Wildman–Crippen LogP) is 0.361. The monoisotopic (exact) mass is 236 g/mol. The first kappa shape index (κ1) is 12.0. The lowest BCUT2D eigenvalue weighted by molar-refractivity contribution is -0.182. The number of carbonyl (C=O) groups excluding carboxylic acids is 1. The van der Waals surface area contributed by atoms with Gasteiger partial charge in [0, 0.05) is 25.5 Å². The second kappa shape index (κ2) is 5.25. The summed E-state index contributed by atoms with van der Waals surface area (Å²) in [5.41, 5.74) is 0.641. The van der Waals surface area contributed by atoms with E-state index in [0.717, 1.165) is 5.56 Å². The summed E-state index contributed by atoms with van der Waals surface area (Å²) < 4.78 is 9.90. The van der Waals surface area contributed by atoms with Crippen LogP contribution in [0.25, 0.3) is 0 Å². The SMILES string of the molecule is COC(=O)C1(CNCc2ccncc2)COC1. The van der Waals surface area contributed by atoms with Crippen LogP contribution in [0, 0.1) is 5.41 Å². The minimum absolute atomic E-state index is 0.203. The Labute approximate surface area is 100 Å². The van der Waals surface area contributed by atoms with Crippen LogP contribution in [-0.4, -0.2) is 37.8 Å². The van der Waals surface area contributed by atoms with Crippen molar-refractivity contribution < 1.29 is 14.3 Å². The third kappa shape index (κ3) is 2.62. The number of carbonyl (C=O) groups is 1. The van der Waals surface area contributed by atoms with E-state index in [-0.39, 0.29) is 5.97 Å². The number of esters is 1. The van der Waals surface area contributed by atoms with Gasteiger partial charge in [0.05, 0.1) is 20.3 Å². The van der Waals surface area contributed by atoms with Gasteiger partial charge in [-0.25, -0.2) is 0 Å². The molecule has 1 aliphatic heterocycles. The van der Waals surface area contributed by atoms with Gasteiger partial charge in [0.25, 0.3) is 0 Å². The van der Waals surface area contributed by atoms with E-state index in [0.29, 0.717) is 26.3 Å². The Hall–Kier alpha value is -1.46. The molecule has 17 heavy (non-hydrogen) atoms. The number of nitrogens with one attached hydrogen (secondary N) is 1. The largest absolute Gasteiger partial charge is 0.468 e. The van der Waals surface area contributed by atoms with Crippen LogP contribution < -0.4 is 5.32 Å². The summed E-state index contributed by atoms with van der Waals surface area (Å²) in [6.45, 7) is 2.15. The highest BCUT2D eigenvalue weighted by molar-refractivity contribution is 5.78. The first-order valence-corrected chi connectivity index (χ1v) is 5.53. The third-order valence-corrected chi connectivity index (χ3v) is 2.92. The molecule has 2 rings (SSSR count). The summed E-state index contributed by atoms with van der Waals surface area (Å²) in [7, 11) is 1.41. The maximum Gasteiger partial charge on any atom is 0.317 e. The molecule has 1 fully saturated rings. The third-order valence-electron chi connectivity index (χ3n) is 2.92. The van der Waals surface area contributed by atoms with Gasteiger partial charge in [-0.3, -0.25) is 9.78 Å². The van der Waals surface area contributed by atoms with Crippen LogP contribution in [0.4, 0.5) is 0 Å². The zero-order valence-corrected chi connectivity index (χ0v) is 9.81. The molecule has 0 aliphatic carbocycles. The van der Waals surface area contributed by atoms with E-state index in [1.165, 1.54) is 7.11 Å². The summed E-state index contributed by atoms with van der Waals surface area (Å²) in [5, 5.41) is 3.25. The topological polar surface area (TPSA) is 60.5 Å². The summed E-state index contributed by atoms with van der Waals surface area (Å²) in [4.78, 5) is 15.6. The first-order chi connectivity index (χ1) is 8.27. The Morgan fingerprint density at radius 3 is 2.76 bits per heavy atom. The van der Waals surface area contributed by atoms with Crippen molar-refractivity contribution >= 4 is 5.97 Å². The van der Waals surface area contributed by atoms with Crippen LogP contribution in [0.15, 0.2) is 24.5 Å². The van der Waals surface area contributed by atoms with Crippen molar-refractivity contribution in [2.45, 2.75) is 6.54 Å². The molecule has 0 aromatic carbocycles. The van der Waals surface area contributed by atoms with Gasteiger partial charge in [-0.15, -0.1) is 0 Å². The van der Waals surface area contributed by atoms with E-state index in [1.807, 2.05) is 12.1 Å². The fourth-order valence-corrected chi connectivity index (χ4v) is 1.80. The highest BCUT2D eigenvalue weighted by Crippen LogP contribution is 2.28. The van der Waals surface area contributed by atoms with Crippen LogP contribution in [0.5, 0.6) is 0 Å². The summed E-state index contributed by atoms with van der Waals surface area (Å²) in [6, 6.07) is 3.88. The lowest BCUT2D eigenvalue weighted by Crippen LogP contribution is -2.55. The maximum absolute atomic E-state index is 11.6. The fraction of sp³-hybridized carbons (Fsp3) is 0.500. The van der Waals surface area contributed by atoms with Gasteiger partial charge >= 0.3 is 5.97 Å². The van der Waals surface area contributed by atoms with Crippen molar-refractivity contribution in [2.75, 3.05) is 26.9 Å². The summed E-state index contributed by atoms with van der Waals surface area (Å²) in [5.74, 6) is -0.203. The number of ether oxygens (including phenoxy) is 2. The van der Waals surface area contributed by atoms with Crippen molar-refractivity contribution in [3.05, 3.63) is 30.1 Å². The van der Waals surface area contributed by atoms with Gasteiger partial charge in [0.2, 0.25) is 0 Å². The molecule has 1 saturated heterocycles. The molecule has 2 heterocycles. The molecule has 1 N–H and O–H groups in total. The maximum atomic E-state index is 11.6. The van der Waals surface area contributed by atoms with E-state index in [9.17, 15) is 4.79 Å². The molecule has 92 valence electrons. The highest BCUT2D eigenvalue weighted by Gasteiger charge is 2.46. The average molecular weight is 236 g/mol. The first-order valence-electron chi connectivity index (χ1n) is 5.53. The average Bonchev–Trinajstić information content (AvgIpc) is 2.33. The van der Waals surface area contributed by atoms with E-state index in [4.69, 9.17) is 9.47 Å². The number of methoxy groups -OCH3 is 1. The number of hydrogen-bond acceptors (Lipinski definition) is 5. The van der Waals surface area contributed by atoms with Crippen LogP contribution >= 0.6 is 0 Å². The Kier molecular flexibility index (Phi) is 3.71. The zero-order valence-electron chi connectivity index (χ0n) is 9.81. The van der Waals surface area contributed by atoms with Crippen LogP contribution in [-0.2, 0) is 20.8 Å². The second-order valence-electron chi connectivity index (χ2n) is 4.22. The summed E-state index contributed by atoms with van der Waals surface area (Å²) in [6.07, 6.45) is 3.50. The van der Waals surface area contributed by atoms with Crippen LogP contribution in [0.3, 0.4) is 0 Å². The minimum Gasteiger partial charge on any atom is -0.468 e. The standard InChI is InChI=1S/C12H16N2O3/c1-16-11(15)12(8-17-9-12)7-14-6-10-2-4-13-5-3-10/h2-5,14H,6-9H2,1H3. The van der Waals surface area contributed by atoms with Crippen molar-refractivity contribution in [2.24, 2.45) is 5.41 Å². The molecule has 0 saturated carbocycles. The Morgan fingerprint density at radius 1 is 1.53 bits per heavy atom.